The normalized spacial score (nSPS) is 16.8. The van der Waals surface area contributed by atoms with E-state index in [9.17, 15) is 20.0 Å². The Bertz CT molecular complexity index is 1030. The van der Waals surface area contributed by atoms with Gasteiger partial charge in [-0.05, 0) is 55.9 Å². The molecule has 32 heavy (non-hydrogen) atoms. The minimum absolute atomic E-state index is 0.0324. The monoisotopic (exact) mass is 437 g/mol. The molecule has 2 aromatic heterocycles. The standard InChI is InChI=1S/C23H27N5O4/c1-15(29)14-25-22(30)23(31)28-10-8-27(9-11-28)21-18(13-24)16-5-2-3-6-17(16)20(26-21)19-7-4-12-32-19/h4,7,12,15,29H,2-3,5-6,8-11,14H2,1H3,(H,25,30)/t15-/m1/s1. The van der Waals surface area contributed by atoms with Crippen molar-refractivity contribution in [3.8, 4) is 17.5 Å². The van der Waals surface area contributed by atoms with Crippen molar-refractivity contribution in [3.63, 3.8) is 0 Å². The largest absolute Gasteiger partial charge is 0.463 e. The Morgan fingerprint density at radius 1 is 1.25 bits per heavy atom. The average molecular weight is 438 g/mol. The van der Waals surface area contributed by atoms with E-state index in [0.29, 0.717) is 43.3 Å². The first-order valence-corrected chi connectivity index (χ1v) is 11.0. The minimum Gasteiger partial charge on any atom is -0.463 e. The van der Waals surface area contributed by atoms with E-state index in [4.69, 9.17) is 9.40 Å². The number of carbonyl (C=O) groups excluding carboxylic acids is 2. The van der Waals surface area contributed by atoms with Gasteiger partial charge < -0.3 is 24.6 Å². The molecule has 4 rings (SSSR count). The van der Waals surface area contributed by atoms with Gasteiger partial charge in [-0.25, -0.2) is 4.98 Å². The number of anilines is 1. The van der Waals surface area contributed by atoms with Crippen molar-refractivity contribution < 1.29 is 19.1 Å². The van der Waals surface area contributed by atoms with Crippen LogP contribution in [0.1, 0.15) is 36.5 Å². The number of aliphatic hydroxyl groups is 1. The molecule has 1 aliphatic carbocycles. The Kier molecular flexibility index (Phi) is 6.42. The van der Waals surface area contributed by atoms with Crippen molar-refractivity contribution in [2.24, 2.45) is 0 Å². The van der Waals surface area contributed by atoms with Crippen LogP contribution in [0.3, 0.4) is 0 Å². The van der Waals surface area contributed by atoms with Gasteiger partial charge in [0, 0.05) is 32.7 Å². The molecular formula is C23H27N5O4. The lowest BCUT2D eigenvalue weighted by Gasteiger charge is -2.36. The van der Waals surface area contributed by atoms with Gasteiger partial charge in [-0.15, -0.1) is 0 Å². The Morgan fingerprint density at radius 3 is 2.59 bits per heavy atom. The van der Waals surface area contributed by atoms with Crippen LogP contribution in [0.15, 0.2) is 22.8 Å². The van der Waals surface area contributed by atoms with Crippen LogP contribution in [0.5, 0.6) is 0 Å². The van der Waals surface area contributed by atoms with Crippen molar-refractivity contribution >= 4 is 17.6 Å². The predicted molar refractivity (Wildman–Crippen MR) is 117 cm³/mol. The molecule has 2 amide bonds. The summed E-state index contributed by atoms with van der Waals surface area (Å²) in [6, 6.07) is 6.08. The third-order valence-electron chi connectivity index (χ3n) is 5.98. The number of carbonyl (C=O) groups is 2. The molecule has 0 aromatic carbocycles. The number of aliphatic hydroxyl groups excluding tert-OH is 1. The molecule has 1 fully saturated rings. The fraction of sp³-hybridized carbons (Fsp3) is 0.478. The van der Waals surface area contributed by atoms with E-state index in [2.05, 4.69) is 11.4 Å². The summed E-state index contributed by atoms with van der Waals surface area (Å²) in [6.45, 7) is 3.20. The van der Waals surface area contributed by atoms with E-state index in [-0.39, 0.29) is 6.54 Å². The molecule has 1 saturated heterocycles. The second-order valence-electron chi connectivity index (χ2n) is 8.25. The maximum atomic E-state index is 12.4. The third-order valence-corrected chi connectivity index (χ3v) is 5.98. The highest BCUT2D eigenvalue weighted by Gasteiger charge is 2.30. The number of nitrogens with zero attached hydrogens (tertiary/aromatic N) is 4. The maximum absolute atomic E-state index is 12.4. The fourth-order valence-electron chi connectivity index (χ4n) is 4.35. The molecular weight excluding hydrogens is 410 g/mol. The molecule has 0 bridgehead atoms. The highest BCUT2D eigenvalue weighted by atomic mass is 16.3. The quantitative estimate of drug-likeness (QED) is 0.690. The summed E-state index contributed by atoms with van der Waals surface area (Å²) < 4.78 is 5.64. The van der Waals surface area contributed by atoms with Gasteiger partial charge in [-0.3, -0.25) is 9.59 Å². The van der Waals surface area contributed by atoms with Crippen LogP contribution < -0.4 is 10.2 Å². The van der Waals surface area contributed by atoms with Crippen LogP contribution in [-0.2, 0) is 22.4 Å². The Morgan fingerprint density at radius 2 is 1.97 bits per heavy atom. The number of aromatic nitrogens is 1. The second-order valence-corrected chi connectivity index (χ2v) is 8.25. The topological polar surface area (TPSA) is 123 Å². The van der Waals surface area contributed by atoms with Gasteiger partial charge >= 0.3 is 11.8 Å². The highest BCUT2D eigenvalue weighted by Crippen LogP contribution is 2.36. The SMILES string of the molecule is C[C@@H](O)CNC(=O)C(=O)N1CCN(c2nc(-c3ccco3)c3c(c2C#N)CCCC3)CC1. The van der Waals surface area contributed by atoms with Gasteiger partial charge in [0.25, 0.3) is 0 Å². The van der Waals surface area contributed by atoms with Crippen molar-refractivity contribution in [2.75, 3.05) is 37.6 Å². The number of rotatable bonds is 4. The lowest BCUT2D eigenvalue weighted by molar-refractivity contribution is -0.146. The first-order chi connectivity index (χ1) is 15.5. The average Bonchev–Trinajstić information content (AvgIpc) is 3.36. The molecule has 1 aliphatic heterocycles. The summed E-state index contributed by atoms with van der Waals surface area (Å²) >= 11 is 0. The summed E-state index contributed by atoms with van der Waals surface area (Å²) in [5.41, 5.74) is 3.53. The van der Waals surface area contributed by atoms with Crippen LogP contribution in [0.25, 0.3) is 11.5 Å². The Labute approximate surface area is 186 Å². The van der Waals surface area contributed by atoms with Gasteiger partial charge in [-0.1, -0.05) is 0 Å². The van der Waals surface area contributed by atoms with E-state index < -0.39 is 17.9 Å². The third kappa shape index (κ3) is 4.32. The summed E-state index contributed by atoms with van der Waals surface area (Å²) in [5.74, 6) is -0.0211. The zero-order valence-corrected chi connectivity index (χ0v) is 18.1. The molecule has 3 heterocycles. The lowest BCUT2D eigenvalue weighted by atomic mass is 9.87. The molecule has 2 N–H and O–H groups in total. The number of fused-ring (bicyclic) bond motifs is 1. The number of furan rings is 1. The maximum Gasteiger partial charge on any atom is 0.312 e. The van der Waals surface area contributed by atoms with Crippen molar-refractivity contribution in [3.05, 3.63) is 35.1 Å². The molecule has 0 radical (unpaired) electrons. The molecule has 0 unspecified atom stereocenters. The van der Waals surface area contributed by atoms with E-state index in [1.165, 1.54) is 4.90 Å². The zero-order chi connectivity index (χ0) is 22.7. The number of hydrogen-bond acceptors (Lipinski definition) is 7. The number of hydrogen-bond donors (Lipinski definition) is 2. The Balaban J connectivity index is 1.56. The number of pyridine rings is 1. The summed E-state index contributed by atoms with van der Waals surface area (Å²) in [4.78, 5) is 32.8. The molecule has 9 nitrogen and oxygen atoms in total. The van der Waals surface area contributed by atoms with E-state index in [1.807, 2.05) is 17.0 Å². The van der Waals surface area contributed by atoms with Gasteiger partial charge in [0.15, 0.2) is 5.76 Å². The van der Waals surface area contributed by atoms with Crippen LogP contribution in [0.2, 0.25) is 0 Å². The fourth-order valence-corrected chi connectivity index (χ4v) is 4.35. The molecule has 1 atom stereocenters. The van der Waals surface area contributed by atoms with Crippen LogP contribution in [0, 0.1) is 11.3 Å². The zero-order valence-electron chi connectivity index (χ0n) is 18.1. The van der Waals surface area contributed by atoms with Gasteiger partial charge in [-0.2, -0.15) is 5.26 Å². The second kappa shape index (κ2) is 9.40. The lowest BCUT2D eigenvalue weighted by Crippen LogP contribution is -2.53. The molecule has 0 spiro atoms. The van der Waals surface area contributed by atoms with Gasteiger partial charge in [0.1, 0.15) is 17.6 Å². The smallest absolute Gasteiger partial charge is 0.312 e. The van der Waals surface area contributed by atoms with Crippen molar-refractivity contribution in [2.45, 2.75) is 38.7 Å². The van der Waals surface area contributed by atoms with E-state index in [0.717, 1.165) is 42.5 Å². The Hall–Kier alpha value is -3.38. The molecule has 9 heteroatoms. The van der Waals surface area contributed by atoms with Crippen molar-refractivity contribution in [1.29, 1.82) is 5.26 Å². The van der Waals surface area contributed by atoms with E-state index >= 15 is 0 Å². The van der Waals surface area contributed by atoms with E-state index in [1.54, 1.807) is 13.2 Å². The van der Waals surface area contributed by atoms with Gasteiger partial charge in [0.2, 0.25) is 0 Å². The number of piperazine rings is 1. The number of amides is 2. The van der Waals surface area contributed by atoms with Gasteiger partial charge in [0.05, 0.1) is 17.9 Å². The number of nitriles is 1. The summed E-state index contributed by atoms with van der Waals surface area (Å²) in [7, 11) is 0. The van der Waals surface area contributed by atoms with Crippen LogP contribution in [-0.4, -0.2) is 65.6 Å². The molecule has 0 saturated carbocycles. The number of nitrogens with one attached hydrogen (secondary N) is 1. The molecule has 2 aromatic rings. The summed E-state index contributed by atoms with van der Waals surface area (Å²) in [5, 5.41) is 21.7. The highest BCUT2D eigenvalue weighted by molar-refractivity contribution is 6.35. The summed E-state index contributed by atoms with van der Waals surface area (Å²) in [6.07, 6.45) is 4.71. The molecule has 2 aliphatic rings. The van der Waals surface area contributed by atoms with Crippen LogP contribution in [0.4, 0.5) is 5.82 Å². The van der Waals surface area contributed by atoms with Crippen molar-refractivity contribution in [1.82, 2.24) is 15.2 Å². The predicted octanol–water partition coefficient (Wildman–Crippen LogP) is 1.24. The van der Waals surface area contributed by atoms with Crippen LogP contribution >= 0.6 is 0 Å². The molecule has 168 valence electrons. The first kappa shape index (κ1) is 21.8. The first-order valence-electron chi connectivity index (χ1n) is 11.0. The minimum atomic E-state index is -0.718.